The van der Waals surface area contributed by atoms with Gasteiger partial charge in [0.25, 0.3) is 0 Å². The summed E-state index contributed by atoms with van der Waals surface area (Å²) in [6, 6.07) is 21.2. The predicted molar refractivity (Wildman–Crippen MR) is 156 cm³/mol. The highest BCUT2D eigenvalue weighted by Crippen LogP contribution is 2.28. The van der Waals surface area contributed by atoms with E-state index in [1.165, 1.54) is 19.3 Å². The van der Waals surface area contributed by atoms with Crippen molar-refractivity contribution in [3.63, 3.8) is 0 Å². The fourth-order valence-corrected chi connectivity index (χ4v) is 5.71. The maximum absolute atomic E-state index is 12.8. The Balaban J connectivity index is 1.39. The minimum atomic E-state index is -0.929. The number of rotatable bonds is 10. The van der Waals surface area contributed by atoms with E-state index in [4.69, 9.17) is 4.98 Å². The SMILES string of the molecule is CCCCc1nc2ccc(NC(=O)CC3CCCCC3)cc2n1Cc1ccc(-c2ccccc2C(=O)O)cc1. The molecule has 2 N–H and O–H groups in total. The van der Waals surface area contributed by atoms with E-state index >= 15 is 0 Å². The van der Waals surface area contributed by atoms with Crippen LogP contribution in [0.15, 0.2) is 66.7 Å². The summed E-state index contributed by atoms with van der Waals surface area (Å²) in [4.78, 5) is 29.4. The lowest BCUT2D eigenvalue weighted by Crippen LogP contribution is -2.18. The minimum Gasteiger partial charge on any atom is -0.478 e. The van der Waals surface area contributed by atoms with Gasteiger partial charge >= 0.3 is 5.97 Å². The van der Waals surface area contributed by atoms with Crippen LogP contribution in [-0.2, 0) is 17.8 Å². The van der Waals surface area contributed by atoms with E-state index in [1.54, 1.807) is 12.1 Å². The van der Waals surface area contributed by atoms with Gasteiger partial charge in [0.15, 0.2) is 0 Å². The summed E-state index contributed by atoms with van der Waals surface area (Å²) in [6.07, 6.45) is 9.68. The normalized spacial score (nSPS) is 14.0. The Hall–Kier alpha value is -3.93. The van der Waals surface area contributed by atoms with Gasteiger partial charge in [0, 0.05) is 25.1 Å². The first-order chi connectivity index (χ1) is 19.0. The summed E-state index contributed by atoms with van der Waals surface area (Å²) >= 11 is 0. The molecule has 1 aliphatic rings. The van der Waals surface area contributed by atoms with Gasteiger partial charge < -0.3 is 15.0 Å². The molecule has 1 amide bonds. The molecule has 5 rings (SSSR count). The Morgan fingerprint density at radius 2 is 1.77 bits per heavy atom. The van der Waals surface area contributed by atoms with E-state index in [2.05, 4.69) is 28.9 Å². The molecule has 0 bridgehead atoms. The number of aromatic carboxylic acids is 1. The number of nitrogens with one attached hydrogen (secondary N) is 1. The smallest absolute Gasteiger partial charge is 0.336 e. The molecule has 3 aromatic carbocycles. The van der Waals surface area contributed by atoms with Crippen molar-refractivity contribution in [1.82, 2.24) is 9.55 Å². The lowest BCUT2D eigenvalue weighted by Gasteiger charge is -2.20. The van der Waals surface area contributed by atoms with Crippen molar-refractivity contribution in [2.24, 2.45) is 5.92 Å². The third-order valence-corrected chi connectivity index (χ3v) is 7.83. The molecule has 1 fully saturated rings. The number of unbranched alkanes of at least 4 members (excludes halogenated alkanes) is 1. The average Bonchev–Trinajstić information content (AvgIpc) is 3.29. The fourth-order valence-electron chi connectivity index (χ4n) is 5.71. The third-order valence-electron chi connectivity index (χ3n) is 7.83. The number of nitrogens with zero attached hydrogens (tertiary/aromatic N) is 2. The number of anilines is 1. The number of fused-ring (bicyclic) bond motifs is 1. The van der Waals surface area contributed by atoms with E-state index in [9.17, 15) is 14.7 Å². The van der Waals surface area contributed by atoms with E-state index in [1.807, 2.05) is 42.5 Å². The van der Waals surface area contributed by atoms with Crippen LogP contribution < -0.4 is 5.32 Å². The second-order valence-corrected chi connectivity index (χ2v) is 10.7. The standard InChI is InChI=1S/C33H37N3O3/c1-2-3-13-31-35-29-19-18-26(34-32(37)20-23-9-5-4-6-10-23)21-30(29)36(31)22-24-14-16-25(17-15-24)27-11-7-8-12-28(27)33(38)39/h7-8,11-12,14-19,21,23H,2-6,9-10,13,20,22H2,1H3,(H,34,37)(H,38,39). The van der Waals surface area contributed by atoms with Crippen LogP contribution in [0.3, 0.4) is 0 Å². The Bertz CT molecular complexity index is 1450. The van der Waals surface area contributed by atoms with Gasteiger partial charge in [-0.05, 0) is 66.1 Å². The number of hydrogen-bond acceptors (Lipinski definition) is 3. The molecule has 0 unspecified atom stereocenters. The molecule has 6 nitrogen and oxygen atoms in total. The van der Waals surface area contributed by atoms with Crippen molar-refractivity contribution in [2.75, 3.05) is 5.32 Å². The second kappa shape index (κ2) is 12.3. The number of carboxylic acids is 1. The van der Waals surface area contributed by atoms with Crippen LogP contribution in [-0.4, -0.2) is 26.5 Å². The molecule has 1 saturated carbocycles. The number of carbonyl (C=O) groups is 2. The van der Waals surface area contributed by atoms with Crippen LogP contribution >= 0.6 is 0 Å². The lowest BCUT2D eigenvalue weighted by atomic mass is 9.87. The number of amides is 1. The van der Waals surface area contributed by atoms with Crippen LogP contribution in [0, 0.1) is 5.92 Å². The van der Waals surface area contributed by atoms with Crippen LogP contribution in [0.5, 0.6) is 0 Å². The van der Waals surface area contributed by atoms with Gasteiger partial charge in [-0.3, -0.25) is 4.79 Å². The number of imidazole rings is 1. The highest BCUT2D eigenvalue weighted by Gasteiger charge is 2.18. The average molecular weight is 524 g/mol. The van der Waals surface area contributed by atoms with Gasteiger partial charge in [0.05, 0.1) is 16.6 Å². The summed E-state index contributed by atoms with van der Waals surface area (Å²) in [7, 11) is 0. The maximum atomic E-state index is 12.8. The first-order valence-electron chi connectivity index (χ1n) is 14.2. The van der Waals surface area contributed by atoms with Crippen molar-refractivity contribution in [1.29, 1.82) is 0 Å². The molecule has 4 aromatic rings. The Labute approximate surface area is 230 Å². The maximum Gasteiger partial charge on any atom is 0.336 e. The molecule has 6 heteroatoms. The van der Waals surface area contributed by atoms with Crippen LogP contribution in [0.25, 0.3) is 22.2 Å². The van der Waals surface area contributed by atoms with Gasteiger partial charge in [0.1, 0.15) is 5.82 Å². The van der Waals surface area contributed by atoms with Crippen LogP contribution in [0.4, 0.5) is 5.69 Å². The van der Waals surface area contributed by atoms with Crippen molar-refractivity contribution in [2.45, 2.75) is 71.3 Å². The molecule has 0 atom stereocenters. The van der Waals surface area contributed by atoms with Crippen molar-refractivity contribution in [3.05, 3.63) is 83.7 Å². The molecule has 1 aliphatic carbocycles. The molecular formula is C33H37N3O3. The number of carboxylic acid groups (broad SMARTS) is 1. The molecular weight excluding hydrogens is 486 g/mol. The Morgan fingerprint density at radius 1 is 1.00 bits per heavy atom. The number of hydrogen-bond donors (Lipinski definition) is 2. The molecule has 1 heterocycles. The summed E-state index contributed by atoms with van der Waals surface area (Å²) in [5.41, 5.74) is 5.74. The van der Waals surface area contributed by atoms with E-state index in [-0.39, 0.29) is 5.91 Å². The minimum absolute atomic E-state index is 0.0933. The van der Waals surface area contributed by atoms with Gasteiger partial charge in [-0.1, -0.05) is 75.1 Å². The van der Waals surface area contributed by atoms with Gasteiger partial charge in [-0.2, -0.15) is 0 Å². The molecule has 0 radical (unpaired) electrons. The van der Waals surface area contributed by atoms with Crippen LogP contribution in [0.1, 0.15) is 80.0 Å². The van der Waals surface area contributed by atoms with Crippen molar-refractivity contribution >= 4 is 28.6 Å². The van der Waals surface area contributed by atoms with E-state index < -0.39 is 5.97 Å². The topological polar surface area (TPSA) is 84.2 Å². The number of aromatic nitrogens is 2. The Morgan fingerprint density at radius 3 is 2.51 bits per heavy atom. The lowest BCUT2D eigenvalue weighted by molar-refractivity contribution is -0.117. The van der Waals surface area contributed by atoms with Crippen molar-refractivity contribution < 1.29 is 14.7 Å². The largest absolute Gasteiger partial charge is 0.478 e. The highest BCUT2D eigenvalue weighted by molar-refractivity contribution is 5.96. The van der Waals surface area contributed by atoms with E-state index in [0.717, 1.165) is 65.8 Å². The number of aryl methyl sites for hydroxylation is 1. The Kier molecular flexibility index (Phi) is 8.40. The molecule has 39 heavy (non-hydrogen) atoms. The van der Waals surface area contributed by atoms with Crippen molar-refractivity contribution in [3.8, 4) is 11.1 Å². The number of carbonyl (C=O) groups excluding carboxylic acids is 1. The van der Waals surface area contributed by atoms with Gasteiger partial charge in [-0.25, -0.2) is 9.78 Å². The van der Waals surface area contributed by atoms with Crippen LogP contribution in [0.2, 0.25) is 0 Å². The van der Waals surface area contributed by atoms with E-state index in [0.29, 0.717) is 30.0 Å². The van der Waals surface area contributed by atoms with Gasteiger partial charge in [0.2, 0.25) is 5.91 Å². The molecule has 0 aliphatic heterocycles. The first-order valence-corrected chi connectivity index (χ1v) is 14.2. The van der Waals surface area contributed by atoms with Gasteiger partial charge in [-0.15, -0.1) is 0 Å². The summed E-state index contributed by atoms with van der Waals surface area (Å²) in [5, 5.41) is 12.7. The highest BCUT2D eigenvalue weighted by atomic mass is 16.4. The molecule has 0 spiro atoms. The zero-order valence-corrected chi connectivity index (χ0v) is 22.7. The quantitative estimate of drug-likeness (QED) is 0.223. The summed E-state index contributed by atoms with van der Waals surface area (Å²) in [6.45, 7) is 2.83. The summed E-state index contributed by atoms with van der Waals surface area (Å²) in [5.74, 6) is 0.703. The zero-order chi connectivity index (χ0) is 27.2. The second-order valence-electron chi connectivity index (χ2n) is 10.7. The molecule has 0 saturated heterocycles. The fraction of sp³-hybridized carbons (Fsp3) is 0.364. The first kappa shape index (κ1) is 26.7. The monoisotopic (exact) mass is 523 g/mol. The molecule has 1 aromatic heterocycles. The number of benzene rings is 3. The molecule has 202 valence electrons. The predicted octanol–water partition coefficient (Wildman–Crippen LogP) is 7.70. The summed E-state index contributed by atoms with van der Waals surface area (Å²) < 4.78 is 2.25. The zero-order valence-electron chi connectivity index (χ0n) is 22.7. The third kappa shape index (κ3) is 6.39.